The van der Waals surface area contributed by atoms with Crippen molar-refractivity contribution in [2.24, 2.45) is 5.92 Å². The number of nitrogens with zero attached hydrogens (tertiary/aromatic N) is 2. The Morgan fingerprint density at radius 2 is 1.60 bits per heavy atom. The van der Waals surface area contributed by atoms with Gasteiger partial charge in [0.2, 0.25) is 5.91 Å². The molecule has 0 N–H and O–H groups in total. The lowest BCUT2D eigenvalue weighted by Gasteiger charge is -2.35. The molecule has 0 spiro atoms. The van der Waals surface area contributed by atoms with E-state index in [0.717, 1.165) is 12.7 Å². The van der Waals surface area contributed by atoms with Crippen molar-refractivity contribution in [1.29, 1.82) is 0 Å². The van der Waals surface area contributed by atoms with Crippen molar-refractivity contribution in [1.82, 2.24) is 9.80 Å². The number of hydrogen-bond donors (Lipinski definition) is 0. The SMILES string of the molecule is CC(C)CCC(=O)N1CCN(C(=O)c2ccccc2S(C)(=O)=O)CC1. The highest BCUT2D eigenvalue weighted by Crippen LogP contribution is 2.18. The first-order chi connectivity index (χ1) is 11.7. The first-order valence-corrected chi connectivity index (χ1v) is 10.5. The minimum absolute atomic E-state index is 0.0513. The summed E-state index contributed by atoms with van der Waals surface area (Å²) >= 11 is 0. The number of carbonyl (C=O) groups excluding carboxylic acids is 2. The van der Waals surface area contributed by atoms with E-state index in [-0.39, 0.29) is 22.3 Å². The number of hydrogen-bond acceptors (Lipinski definition) is 4. The quantitative estimate of drug-likeness (QED) is 0.796. The molecule has 2 rings (SSSR count). The summed E-state index contributed by atoms with van der Waals surface area (Å²) in [4.78, 5) is 28.4. The van der Waals surface area contributed by atoms with Crippen LogP contribution in [-0.2, 0) is 14.6 Å². The first kappa shape index (κ1) is 19.4. The zero-order valence-corrected chi connectivity index (χ0v) is 15.9. The lowest BCUT2D eigenvalue weighted by atomic mass is 10.1. The number of benzene rings is 1. The van der Waals surface area contributed by atoms with Gasteiger partial charge >= 0.3 is 0 Å². The Morgan fingerprint density at radius 3 is 2.16 bits per heavy atom. The molecule has 1 aromatic rings. The summed E-state index contributed by atoms with van der Waals surface area (Å²) in [6.45, 7) is 5.99. The van der Waals surface area contributed by atoms with Gasteiger partial charge in [-0.3, -0.25) is 9.59 Å². The fourth-order valence-corrected chi connectivity index (χ4v) is 3.75. The molecule has 138 valence electrons. The molecule has 0 atom stereocenters. The molecule has 6 nitrogen and oxygen atoms in total. The largest absolute Gasteiger partial charge is 0.339 e. The molecular weight excluding hydrogens is 340 g/mol. The van der Waals surface area contributed by atoms with Gasteiger partial charge in [0, 0.05) is 38.9 Å². The van der Waals surface area contributed by atoms with Gasteiger partial charge < -0.3 is 9.80 Å². The fourth-order valence-electron chi connectivity index (χ4n) is 2.87. The third-order valence-electron chi connectivity index (χ3n) is 4.37. The minimum Gasteiger partial charge on any atom is -0.339 e. The van der Waals surface area contributed by atoms with E-state index in [2.05, 4.69) is 13.8 Å². The van der Waals surface area contributed by atoms with E-state index in [1.807, 2.05) is 0 Å². The number of sulfone groups is 1. The molecule has 1 fully saturated rings. The third-order valence-corrected chi connectivity index (χ3v) is 5.53. The normalized spacial score (nSPS) is 15.5. The highest BCUT2D eigenvalue weighted by Gasteiger charge is 2.27. The zero-order valence-electron chi connectivity index (χ0n) is 15.1. The van der Waals surface area contributed by atoms with Crippen LogP contribution < -0.4 is 0 Å². The van der Waals surface area contributed by atoms with E-state index in [0.29, 0.717) is 38.5 Å². The average molecular weight is 366 g/mol. The number of carbonyl (C=O) groups is 2. The van der Waals surface area contributed by atoms with Gasteiger partial charge in [-0.05, 0) is 24.5 Å². The second-order valence-corrected chi connectivity index (χ2v) is 8.86. The number of rotatable bonds is 5. The molecule has 1 saturated heterocycles. The van der Waals surface area contributed by atoms with E-state index in [4.69, 9.17) is 0 Å². The molecule has 1 heterocycles. The average Bonchev–Trinajstić information content (AvgIpc) is 2.58. The van der Waals surface area contributed by atoms with Crippen molar-refractivity contribution in [3.8, 4) is 0 Å². The van der Waals surface area contributed by atoms with Crippen LogP contribution in [0.15, 0.2) is 29.2 Å². The molecule has 1 aliphatic rings. The van der Waals surface area contributed by atoms with Gasteiger partial charge in [-0.2, -0.15) is 0 Å². The smallest absolute Gasteiger partial charge is 0.255 e. The standard InChI is InChI=1S/C18H26N2O4S/c1-14(2)8-9-17(21)19-10-12-20(13-11-19)18(22)15-6-4-5-7-16(15)25(3,23)24/h4-7,14H,8-13H2,1-3H3. The zero-order chi connectivity index (χ0) is 18.6. The van der Waals surface area contributed by atoms with Crippen LogP contribution in [0.4, 0.5) is 0 Å². The maximum absolute atomic E-state index is 12.7. The summed E-state index contributed by atoms with van der Waals surface area (Å²) in [7, 11) is -3.47. The van der Waals surface area contributed by atoms with Crippen LogP contribution in [0.5, 0.6) is 0 Å². The predicted molar refractivity (Wildman–Crippen MR) is 96.1 cm³/mol. The second kappa shape index (κ2) is 7.99. The highest BCUT2D eigenvalue weighted by atomic mass is 32.2. The molecule has 1 aliphatic heterocycles. The van der Waals surface area contributed by atoms with Crippen molar-refractivity contribution in [3.63, 3.8) is 0 Å². The van der Waals surface area contributed by atoms with Crippen molar-refractivity contribution in [2.75, 3.05) is 32.4 Å². The van der Waals surface area contributed by atoms with Gasteiger partial charge in [0.05, 0.1) is 10.5 Å². The third kappa shape index (κ3) is 5.04. The molecule has 0 bridgehead atoms. The van der Waals surface area contributed by atoms with Crippen LogP contribution in [-0.4, -0.2) is 62.5 Å². The molecule has 2 amide bonds. The van der Waals surface area contributed by atoms with Crippen molar-refractivity contribution in [2.45, 2.75) is 31.6 Å². The van der Waals surface area contributed by atoms with Crippen molar-refractivity contribution in [3.05, 3.63) is 29.8 Å². The molecular formula is C18H26N2O4S. The monoisotopic (exact) mass is 366 g/mol. The molecule has 25 heavy (non-hydrogen) atoms. The summed E-state index contributed by atoms with van der Waals surface area (Å²) in [6.07, 6.45) is 2.49. The number of piperazine rings is 1. The predicted octanol–water partition coefficient (Wildman–Crippen LogP) is 1.81. The molecule has 1 aromatic carbocycles. The Hall–Kier alpha value is -1.89. The Labute approximate surface area is 149 Å². The molecule has 0 saturated carbocycles. The van der Waals surface area contributed by atoms with Crippen molar-refractivity contribution >= 4 is 21.7 Å². The first-order valence-electron chi connectivity index (χ1n) is 8.56. The summed E-state index contributed by atoms with van der Waals surface area (Å²) in [5.74, 6) is 0.312. The van der Waals surface area contributed by atoms with E-state index < -0.39 is 9.84 Å². The second-order valence-electron chi connectivity index (χ2n) is 6.87. The maximum Gasteiger partial charge on any atom is 0.255 e. The van der Waals surface area contributed by atoms with Gasteiger partial charge in [0.1, 0.15) is 0 Å². The van der Waals surface area contributed by atoms with Gasteiger partial charge in [0.15, 0.2) is 9.84 Å². The Kier molecular flexibility index (Phi) is 6.21. The van der Waals surface area contributed by atoms with E-state index >= 15 is 0 Å². The molecule has 0 aromatic heterocycles. The van der Waals surface area contributed by atoms with E-state index in [1.54, 1.807) is 28.0 Å². The van der Waals surface area contributed by atoms with Crippen molar-refractivity contribution < 1.29 is 18.0 Å². The summed E-state index contributed by atoms with van der Waals surface area (Å²) in [5.41, 5.74) is 0.199. The molecule has 7 heteroatoms. The lowest BCUT2D eigenvalue weighted by Crippen LogP contribution is -2.50. The minimum atomic E-state index is -3.47. The van der Waals surface area contributed by atoms with Crippen LogP contribution in [0, 0.1) is 5.92 Å². The van der Waals surface area contributed by atoms with Crippen LogP contribution in [0.2, 0.25) is 0 Å². The Morgan fingerprint density at radius 1 is 1.04 bits per heavy atom. The van der Waals surface area contributed by atoms with E-state index in [1.165, 1.54) is 6.07 Å². The van der Waals surface area contributed by atoms with Gasteiger partial charge in [0.25, 0.3) is 5.91 Å². The van der Waals surface area contributed by atoms with Gasteiger partial charge in [-0.15, -0.1) is 0 Å². The fraction of sp³-hybridized carbons (Fsp3) is 0.556. The highest BCUT2D eigenvalue weighted by molar-refractivity contribution is 7.90. The topological polar surface area (TPSA) is 74.8 Å². The summed E-state index contributed by atoms with van der Waals surface area (Å²) in [5, 5.41) is 0. The molecule has 0 radical (unpaired) electrons. The van der Waals surface area contributed by atoms with Gasteiger partial charge in [-0.25, -0.2) is 8.42 Å². The maximum atomic E-state index is 12.7. The van der Waals surface area contributed by atoms with Crippen LogP contribution >= 0.6 is 0 Å². The summed E-state index contributed by atoms with van der Waals surface area (Å²) < 4.78 is 23.8. The van der Waals surface area contributed by atoms with Crippen LogP contribution in [0.1, 0.15) is 37.0 Å². The number of amides is 2. The van der Waals surface area contributed by atoms with Crippen LogP contribution in [0.25, 0.3) is 0 Å². The van der Waals surface area contributed by atoms with Gasteiger partial charge in [-0.1, -0.05) is 26.0 Å². The summed E-state index contributed by atoms with van der Waals surface area (Å²) in [6, 6.07) is 6.26. The Balaban J connectivity index is 2.02. The lowest BCUT2D eigenvalue weighted by molar-refractivity contribution is -0.132. The van der Waals surface area contributed by atoms with Crippen LogP contribution in [0.3, 0.4) is 0 Å². The Bertz CT molecular complexity index is 735. The molecule has 0 unspecified atom stereocenters. The molecule has 0 aliphatic carbocycles. The van der Waals surface area contributed by atoms with E-state index in [9.17, 15) is 18.0 Å².